The minimum absolute atomic E-state index is 0.0930. The molecule has 0 heterocycles. The Morgan fingerprint density at radius 2 is 1.21 bits per heavy atom. The smallest absolute Gasteiger partial charge is 0.339 e. The molecule has 47 heavy (non-hydrogen) atoms. The lowest BCUT2D eigenvalue weighted by Gasteiger charge is -2.21. The number of rotatable bonds is 14. The van der Waals surface area contributed by atoms with Crippen molar-refractivity contribution in [3.63, 3.8) is 0 Å². The van der Waals surface area contributed by atoms with Crippen molar-refractivity contribution in [2.45, 2.75) is 72.4 Å². The van der Waals surface area contributed by atoms with Crippen molar-refractivity contribution in [2.75, 3.05) is 6.61 Å². The number of hydrogen-bond donors (Lipinski definition) is 0. The molecule has 0 atom stereocenters. The third-order valence-corrected chi connectivity index (χ3v) is 6.64. The normalized spacial score (nSPS) is 10.7. The Kier molecular flexibility index (Phi) is 12.9. The predicted molar refractivity (Wildman–Crippen MR) is 181 cm³/mol. The number of ether oxygens (including phenoxy) is 5. The molecule has 0 N–H and O–H groups in total. The van der Waals surface area contributed by atoms with Gasteiger partial charge in [0.2, 0.25) is 5.75 Å². The summed E-state index contributed by atoms with van der Waals surface area (Å²) in [5.74, 6) is 6.13. The van der Waals surface area contributed by atoms with Gasteiger partial charge in [0, 0.05) is 12.5 Å². The molecular formula is C40H42O7. The molecule has 4 aromatic carbocycles. The van der Waals surface area contributed by atoms with Crippen molar-refractivity contribution < 1.29 is 33.3 Å². The highest BCUT2D eigenvalue weighted by Gasteiger charge is 2.26. The SMILES string of the molecule is CCCOC(=O)c1cc(OCc2ccccc2)c(OCc2ccccc2)c(OCc2ccccc2)c1C#CCCC(=O)OC(C)(C)C. The maximum absolute atomic E-state index is 13.5. The van der Waals surface area contributed by atoms with E-state index in [4.69, 9.17) is 23.7 Å². The van der Waals surface area contributed by atoms with Gasteiger partial charge in [0.05, 0.1) is 24.2 Å². The molecule has 0 aliphatic carbocycles. The fraction of sp³-hybridized carbons (Fsp3) is 0.300. The Labute approximate surface area is 277 Å². The summed E-state index contributed by atoms with van der Waals surface area (Å²) < 4.78 is 30.3. The molecule has 0 spiro atoms. The third kappa shape index (κ3) is 11.3. The molecule has 0 aliphatic heterocycles. The zero-order valence-electron chi connectivity index (χ0n) is 27.5. The van der Waals surface area contributed by atoms with E-state index in [0.29, 0.717) is 23.5 Å². The predicted octanol–water partition coefficient (Wildman–Crippen LogP) is 8.46. The van der Waals surface area contributed by atoms with Gasteiger partial charge in [-0.25, -0.2) is 4.79 Å². The first-order valence-electron chi connectivity index (χ1n) is 15.8. The van der Waals surface area contributed by atoms with Crippen molar-refractivity contribution in [3.8, 4) is 29.1 Å². The van der Waals surface area contributed by atoms with E-state index < -0.39 is 11.6 Å². The minimum atomic E-state index is -0.597. The summed E-state index contributed by atoms with van der Waals surface area (Å²) in [6, 6.07) is 30.7. The second-order valence-electron chi connectivity index (χ2n) is 11.8. The molecule has 4 rings (SSSR count). The average Bonchev–Trinajstić information content (AvgIpc) is 3.07. The van der Waals surface area contributed by atoms with Crippen LogP contribution in [0, 0.1) is 11.8 Å². The van der Waals surface area contributed by atoms with Crippen LogP contribution in [0.1, 0.15) is 79.6 Å². The van der Waals surface area contributed by atoms with Gasteiger partial charge >= 0.3 is 11.9 Å². The molecule has 7 nitrogen and oxygen atoms in total. The largest absolute Gasteiger partial charge is 0.485 e. The van der Waals surface area contributed by atoms with Gasteiger partial charge in [-0.3, -0.25) is 4.79 Å². The van der Waals surface area contributed by atoms with E-state index in [9.17, 15) is 9.59 Å². The summed E-state index contributed by atoms with van der Waals surface area (Å²) in [5.41, 5.74) is 2.67. The molecule has 0 radical (unpaired) electrons. The first-order valence-corrected chi connectivity index (χ1v) is 15.8. The molecule has 4 aromatic rings. The third-order valence-electron chi connectivity index (χ3n) is 6.64. The summed E-state index contributed by atoms with van der Waals surface area (Å²) in [7, 11) is 0. The molecule has 0 aliphatic rings. The highest BCUT2D eigenvalue weighted by atomic mass is 16.6. The number of carbonyl (C=O) groups is 2. The highest BCUT2D eigenvalue weighted by molar-refractivity contribution is 5.95. The second-order valence-corrected chi connectivity index (χ2v) is 11.8. The van der Waals surface area contributed by atoms with E-state index in [1.807, 2.05) is 119 Å². The Morgan fingerprint density at radius 3 is 1.72 bits per heavy atom. The van der Waals surface area contributed by atoms with Gasteiger partial charge in [-0.2, -0.15) is 0 Å². The Hall–Kier alpha value is -5.22. The van der Waals surface area contributed by atoms with E-state index in [-0.39, 0.29) is 56.6 Å². The monoisotopic (exact) mass is 634 g/mol. The van der Waals surface area contributed by atoms with Gasteiger partial charge in [-0.15, -0.1) is 0 Å². The lowest BCUT2D eigenvalue weighted by atomic mass is 10.0. The van der Waals surface area contributed by atoms with Crippen LogP contribution in [0.15, 0.2) is 97.1 Å². The topological polar surface area (TPSA) is 80.3 Å². The van der Waals surface area contributed by atoms with E-state index in [0.717, 1.165) is 16.7 Å². The molecule has 0 saturated heterocycles. The zero-order valence-corrected chi connectivity index (χ0v) is 27.5. The molecule has 0 unspecified atom stereocenters. The highest BCUT2D eigenvalue weighted by Crippen LogP contribution is 2.44. The molecule has 0 fully saturated rings. The van der Waals surface area contributed by atoms with Crippen molar-refractivity contribution in [1.82, 2.24) is 0 Å². The van der Waals surface area contributed by atoms with Crippen LogP contribution in [-0.2, 0) is 34.1 Å². The van der Waals surface area contributed by atoms with Gasteiger partial charge in [-0.1, -0.05) is 110 Å². The fourth-order valence-electron chi connectivity index (χ4n) is 4.46. The first kappa shape index (κ1) is 34.6. The van der Waals surface area contributed by atoms with Crippen molar-refractivity contribution in [1.29, 1.82) is 0 Å². The fourth-order valence-corrected chi connectivity index (χ4v) is 4.46. The number of benzene rings is 4. The van der Waals surface area contributed by atoms with Crippen LogP contribution in [0.4, 0.5) is 0 Å². The molecule has 244 valence electrons. The summed E-state index contributed by atoms with van der Waals surface area (Å²) in [5, 5.41) is 0. The maximum atomic E-state index is 13.5. The van der Waals surface area contributed by atoms with Gasteiger partial charge in [0.15, 0.2) is 11.5 Å². The van der Waals surface area contributed by atoms with E-state index >= 15 is 0 Å². The summed E-state index contributed by atoms with van der Waals surface area (Å²) >= 11 is 0. The zero-order chi connectivity index (χ0) is 33.5. The molecule has 0 aromatic heterocycles. The number of hydrogen-bond acceptors (Lipinski definition) is 7. The van der Waals surface area contributed by atoms with Crippen LogP contribution >= 0.6 is 0 Å². The first-order chi connectivity index (χ1) is 22.7. The number of esters is 2. The van der Waals surface area contributed by atoms with E-state index in [1.165, 1.54) is 0 Å². The van der Waals surface area contributed by atoms with Crippen LogP contribution in [0.3, 0.4) is 0 Å². The van der Waals surface area contributed by atoms with Crippen molar-refractivity contribution >= 4 is 11.9 Å². The van der Waals surface area contributed by atoms with Crippen LogP contribution < -0.4 is 14.2 Å². The maximum Gasteiger partial charge on any atom is 0.339 e. The molecule has 0 bridgehead atoms. The van der Waals surface area contributed by atoms with Crippen LogP contribution in [-0.4, -0.2) is 24.1 Å². The summed E-state index contributed by atoms with van der Waals surface area (Å²) in [6.07, 6.45) is 0.953. The van der Waals surface area contributed by atoms with E-state index in [1.54, 1.807) is 6.07 Å². The lowest BCUT2D eigenvalue weighted by molar-refractivity contribution is -0.154. The van der Waals surface area contributed by atoms with Gasteiger partial charge in [0.25, 0.3) is 0 Å². The van der Waals surface area contributed by atoms with Gasteiger partial charge in [-0.05, 0) is 43.9 Å². The Bertz CT molecular complexity index is 1650. The quantitative estimate of drug-likeness (QED) is 0.102. The molecule has 0 amide bonds. The van der Waals surface area contributed by atoms with Crippen LogP contribution in [0.2, 0.25) is 0 Å². The number of carbonyl (C=O) groups excluding carboxylic acids is 2. The van der Waals surface area contributed by atoms with Gasteiger partial charge < -0.3 is 23.7 Å². The molecule has 7 heteroatoms. The Balaban J connectivity index is 1.82. The Morgan fingerprint density at radius 1 is 0.702 bits per heavy atom. The summed E-state index contributed by atoms with van der Waals surface area (Å²) in [6.45, 7) is 8.24. The van der Waals surface area contributed by atoms with Gasteiger partial charge in [0.1, 0.15) is 25.4 Å². The van der Waals surface area contributed by atoms with Crippen molar-refractivity contribution in [3.05, 3.63) is 125 Å². The minimum Gasteiger partial charge on any atom is -0.485 e. The van der Waals surface area contributed by atoms with E-state index in [2.05, 4.69) is 11.8 Å². The average molecular weight is 635 g/mol. The molecule has 0 saturated carbocycles. The van der Waals surface area contributed by atoms with Crippen LogP contribution in [0.5, 0.6) is 17.2 Å². The van der Waals surface area contributed by atoms with Crippen molar-refractivity contribution in [2.24, 2.45) is 0 Å². The standard InChI is InChI=1S/C40H42O7/c1-5-25-43-39(42)34-26-35(44-27-30-17-9-6-10-18-30)38(46-29-32-21-13-8-14-22-32)37(45-28-31-19-11-7-12-20-31)33(34)23-15-16-24-36(41)47-40(2,3)4/h6-14,17-22,26H,5,16,24-25,27-29H2,1-4H3. The summed E-state index contributed by atoms with van der Waals surface area (Å²) in [4.78, 5) is 25.9. The molecular weight excluding hydrogens is 592 g/mol. The lowest BCUT2D eigenvalue weighted by Crippen LogP contribution is -2.23. The second kappa shape index (κ2) is 17.5. The van der Waals surface area contributed by atoms with Crippen LogP contribution in [0.25, 0.3) is 0 Å².